The molecular formula is C38H45N3O6. The predicted molar refractivity (Wildman–Crippen MR) is 184 cm³/mol. The first-order chi connectivity index (χ1) is 22.6. The van der Waals surface area contributed by atoms with Crippen LogP contribution in [0.4, 0.5) is 0 Å². The number of nitrogens with zero attached hydrogens (tertiary/aromatic N) is 1. The molecule has 0 aliphatic heterocycles. The number of hydrogen-bond donors (Lipinski definition) is 2. The Morgan fingerprint density at radius 2 is 1.38 bits per heavy atom. The van der Waals surface area contributed by atoms with Gasteiger partial charge in [0, 0.05) is 43.7 Å². The Balaban J connectivity index is 0.000000461. The van der Waals surface area contributed by atoms with Crippen LogP contribution in [0.1, 0.15) is 51.3 Å². The second kappa shape index (κ2) is 18.6. The van der Waals surface area contributed by atoms with Crippen molar-refractivity contribution in [3.63, 3.8) is 0 Å². The molecule has 0 saturated carbocycles. The fourth-order valence-corrected chi connectivity index (χ4v) is 4.52. The fraction of sp³-hybridized carbons (Fsp3) is 0.289. The first-order valence-corrected chi connectivity index (χ1v) is 15.5. The van der Waals surface area contributed by atoms with E-state index in [1.807, 2.05) is 93.6 Å². The van der Waals surface area contributed by atoms with Crippen molar-refractivity contribution in [1.29, 1.82) is 0 Å². The second-order valence-corrected chi connectivity index (χ2v) is 11.1. The molecule has 248 valence electrons. The Morgan fingerprint density at radius 3 is 1.98 bits per heavy atom. The van der Waals surface area contributed by atoms with Crippen molar-refractivity contribution in [3.05, 3.63) is 125 Å². The molecule has 0 aromatic heterocycles. The van der Waals surface area contributed by atoms with Gasteiger partial charge in [-0.1, -0.05) is 67.9 Å². The van der Waals surface area contributed by atoms with Gasteiger partial charge < -0.3 is 29.7 Å². The molecule has 47 heavy (non-hydrogen) atoms. The summed E-state index contributed by atoms with van der Waals surface area (Å²) >= 11 is 0. The maximum Gasteiger partial charge on any atom is 0.251 e. The Labute approximate surface area is 277 Å². The first-order valence-electron chi connectivity index (χ1n) is 15.5. The molecule has 0 heterocycles. The highest BCUT2D eigenvalue weighted by atomic mass is 16.5. The molecule has 9 nitrogen and oxygen atoms in total. The number of rotatable bonds is 13. The van der Waals surface area contributed by atoms with E-state index in [1.54, 1.807) is 50.4 Å². The van der Waals surface area contributed by atoms with Crippen molar-refractivity contribution in [2.24, 2.45) is 5.92 Å². The van der Waals surface area contributed by atoms with E-state index in [0.29, 0.717) is 54.6 Å². The quantitative estimate of drug-likeness (QED) is 0.185. The normalized spacial score (nSPS) is 10.3. The molecule has 0 unspecified atom stereocenters. The monoisotopic (exact) mass is 639 g/mol. The molecule has 0 aliphatic rings. The van der Waals surface area contributed by atoms with E-state index in [-0.39, 0.29) is 23.6 Å². The van der Waals surface area contributed by atoms with Crippen molar-refractivity contribution >= 4 is 17.7 Å². The molecular weight excluding hydrogens is 594 g/mol. The van der Waals surface area contributed by atoms with Crippen LogP contribution in [0, 0.1) is 12.8 Å². The lowest BCUT2D eigenvalue weighted by Gasteiger charge is -2.25. The summed E-state index contributed by atoms with van der Waals surface area (Å²) in [5.74, 6) is 1.54. The molecule has 0 atom stereocenters. The zero-order chi connectivity index (χ0) is 34.2. The van der Waals surface area contributed by atoms with Gasteiger partial charge in [0.1, 0.15) is 12.4 Å². The van der Waals surface area contributed by atoms with Crippen LogP contribution < -0.4 is 24.8 Å². The summed E-state index contributed by atoms with van der Waals surface area (Å²) in [5, 5.41) is 5.45. The third-order valence-electron chi connectivity index (χ3n) is 7.20. The first kappa shape index (κ1) is 36.2. The van der Waals surface area contributed by atoms with E-state index in [4.69, 9.17) is 14.2 Å². The molecule has 0 fully saturated rings. The number of amides is 3. The van der Waals surface area contributed by atoms with Gasteiger partial charge in [-0.05, 0) is 66.6 Å². The van der Waals surface area contributed by atoms with Gasteiger partial charge in [-0.25, -0.2) is 0 Å². The molecule has 9 heteroatoms. The van der Waals surface area contributed by atoms with E-state index in [9.17, 15) is 14.4 Å². The van der Waals surface area contributed by atoms with E-state index < -0.39 is 0 Å². The van der Waals surface area contributed by atoms with Gasteiger partial charge >= 0.3 is 0 Å². The number of ether oxygens (including phenoxy) is 3. The Bertz CT molecular complexity index is 1570. The average molecular weight is 640 g/mol. The van der Waals surface area contributed by atoms with Crippen LogP contribution in [0.25, 0.3) is 0 Å². The minimum Gasteiger partial charge on any atom is -0.497 e. The zero-order valence-corrected chi connectivity index (χ0v) is 28.0. The SMILES string of the molecule is CNC(=O)c1ccc(C)cc1.COc1ccc(C(=O)NCCN(Cc2ccc(OCc3ccccc3)c(OC)c2)C(=O)C(C)C)cc1. The maximum absolute atomic E-state index is 12.9. The van der Waals surface area contributed by atoms with E-state index in [1.165, 1.54) is 0 Å². The minimum absolute atomic E-state index is 0.0112. The van der Waals surface area contributed by atoms with Crippen molar-refractivity contribution < 1.29 is 28.6 Å². The summed E-state index contributed by atoms with van der Waals surface area (Å²) in [7, 11) is 4.80. The topological polar surface area (TPSA) is 106 Å². The van der Waals surface area contributed by atoms with Crippen molar-refractivity contribution in [2.45, 2.75) is 33.9 Å². The van der Waals surface area contributed by atoms with Gasteiger partial charge in [0.2, 0.25) is 5.91 Å². The van der Waals surface area contributed by atoms with Crippen molar-refractivity contribution in [3.8, 4) is 17.2 Å². The molecule has 3 amide bonds. The largest absolute Gasteiger partial charge is 0.497 e. The Kier molecular flexibility index (Phi) is 14.3. The van der Waals surface area contributed by atoms with Crippen LogP contribution in [0.2, 0.25) is 0 Å². The standard InChI is InChI=1S/C29H34N2O5.C9H11NO/c1-21(2)29(33)31(17-16-30-28(32)24-11-13-25(34-3)14-12-24)19-23-10-15-26(27(18-23)35-4)36-20-22-8-6-5-7-9-22;1-7-3-5-8(6-4-7)9(11)10-2/h5-15,18,21H,16-17,19-20H2,1-4H3,(H,30,32);3-6H,1-2H3,(H,10,11). The summed E-state index contributed by atoms with van der Waals surface area (Å²) in [6, 6.07) is 30.0. The van der Waals surface area contributed by atoms with E-state index in [0.717, 1.165) is 16.7 Å². The highest BCUT2D eigenvalue weighted by Crippen LogP contribution is 2.29. The molecule has 4 rings (SSSR count). The van der Waals surface area contributed by atoms with Gasteiger partial charge in [-0.3, -0.25) is 14.4 Å². The lowest BCUT2D eigenvalue weighted by molar-refractivity contribution is -0.135. The van der Waals surface area contributed by atoms with Crippen molar-refractivity contribution in [2.75, 3.05) is 34.4 Å². The second-order valence-electron chi connectivity index (χ2n) is 11.1. The van der Waals surface area contributed by atoms with Crippen molar-refractivity contribution in [1.82, 2.24) is 15.5 Å². The maximum atomic E-state index is 12.9. The number of nitrogens with one attached hydrogen (secondary N) is 2. The summed E-state index contributed by atoms with van der Waals surface area (Å²) in [6.07, 6.45) is 0. The molecule has 0 spiro atoms. The summed E-state index contributed by atoms with van der Waals surface area (Å²) in [4.78, 5) is 38.1. The molecule has 0 saturated heterocycles. The van der Waals surface area contributed by atoms with Crippen LogP contribution >= 0.6 is 0 Å². The number of methoxy groups -OCH3 is 2. The lowest BCUT2D eigenvalue weighted by Crippen LogP contribution is -2.40. The van der Waals surface area contributed by atoms with Gasteiger partial charge in [-0.15, -0.1) is 0 Å². The molecule has 4 aromatic carbocycles. The molecule has 2 N–H and O–H groups in total. The van der Waals surface area contributed by atoms with Gasteiger partial charge in [0.25, 0.3) is 11.8 Å². The smallest absolute Gasteiger partial charge is 0.251 e. The van der Waals surface area contributed by atoms with Gasteiger partial charge in [-0.2, -0.15) is 0 Å². The molecule has 4 aromatic rings. The van der Waals surface area contributed by atoms with E-state index >= 15 is 0 Å². The van der Waals surface area contributed by atoms with Crippen LogP contribution in [0.15, 0.2) is 97.1 Å². The third kappa shape index (κ3) is 11.5. The Hall–Kier alpha value is -5.31. The summed E-state index contributed by atoms with van der Waals surface area (Å²) < 4.78 is 16.6. The summed E-state index contributed by atoms with van der Waals surface area (Å²) in [6.45, 7) is 7.27. The molecule has 0 aliphatic carbocycles. The minimum atomic E-state index is -0.198. The number of carbonyl (C=O) groups excluding carboxylic acids is 3. The highest BCUT2D eigenvalue weighted by molar-refractivity contribution is 5.94. The van der Waals surface area contributed by atoms with Gasteiger partial charge in [0.05, 0.1) is 14.2 Å². The number of benzene rings is 4. The lowest BCUT2D eigenvalue weighted by atomic mass is 10.1. The summed E-state index contributed by atoms with van der Waals surface area (Å²) in [5.41, 5.74) is 4.38. The molecule has 0 bridgehead atoms. The number of hydrogen-bond acceptors (Lipinski definition) is 6. The Morgan fingerprint density at radius 1 is 0.745 bits per heavy atom. The predicted octanol–water partition coefficient (Wildman–Crippen LogP) is 6.05. The molecule has 0 radical (unpaired) electrons. The third-order valence-corrected chi connectivity index (χ3v) is 7.20. The van der Waals surface area contributed by atoms with Crippen LogP contribution in [-0.4, -0.2) is 57.0 Å². The number of aryl methyl sites for hydroxylation is 1. The van der Waals surface area contributed by atoms with E-state index in [2.05, 4.69) is 10.6 Å². The van der Waals surface area contributed by atoms with Crippen LogP contribution in [0.5, 0.6) is 17.2 Å². The number of carbonyl (C=O) groups is 3. The van der Waals surface area contributed by atoms with Gasteiger partial charge in [0.15, 0.2) is 11.5 Å². The van der Waals surface area contributed by atoms with Crippen LogP contribution in [-0.2, 0) is 17.9 Å². The fourth-order valence-electron chi connectivity index (χ4n) is 4.52. The highest BCUT2D eigenvalue weighted by Gasteiger charge is 2.19. The average Bonchev–Trinajstić information content (AvgIpc) is 3.10. The van der Waals surface area contributed by atoms with Crippen LogP contribution in [0.3, 0.4) is 0 Å². The zero-order valence-electron chi connectivity index (χ0n) is 28.0.